The second kappa shape index (κ2) is 7.89. The first-order valence-electron chi connectivity index (χ1n) is 6.44. The molecule has 0 bridgehead atoms. The lowest BCUT2D eigenvalue weighted by atomic mass is 10.1. The van der Waals surface area contributed by atoms with E-state index in [0.717, 1.165) is 21.8 Å². The van der Waals surface area contributed by atoms with E-state index < -0.39 is 27.1 Å². The van der Waals surface area contributed by atoms with Gasteiger partial charge < -0.3 is 5.32 Å². The number of nitrogens with zero attached hydrogens (tertiary/aromatic N) is 3. The molecular weight excluding hydrogens is 465 g/mol. The zero-order valence-electron chi connectivity index (χ0n) is 12.1. The molecule has 10 nitrogen and oxygen atoms in total. The van der Waals surface area contributed by atoms with Crippen LogP contribution in [0.1, 0.15) is 10.4 Å². The molecule has 0 saturated heterocycles. The monoisotopic (exact) mass is 473 g/mol. The maximum atomic E-state index is 12.1. The topological polar surface area (TPSA) is 140 Å². The Morgan fingerprint density at radius 3 is 2.20 bits per heavy atom. The van der Waals surface area contributed by atoms with Gasteiger partial charge in [0, 0.05) is 21.9 Å². The summed E-state index contributed by atoms with van der Waals surface area (Å²) in [6, 6.07) is 6.02. The third-order valence-corrected chi connectivity index (χ3v) is 3.62. The van der Waals surface area contributed by atoms with Gasteiger partial charge in [-0.2, -0.15) is 0 Å². The third-order valence-electron chi connectivity index (χ3n) is 2.78. The van der Waals surface area contributed by atoms with Gasteiger partial charge in [0.05, 0.1) is 21.5 Å². The van der Waals surface area contributed by atoms with Gasteiger partial charge in [-0.15, -0.1) is 0 Å². The highest BCUT2D eigenvalue weighted by Crippen LogP contribution is 2.22. The number of non-ortho nitro benzene ring substituents is 2. The van der Waals surface area contributed by atoms with Crippen molar-refractivity contribution in [1.82, 2.24) is 10.3 Å². The number of thiocarbonyl (C=S) groups is 1. The lowest BCUT2D eigenvalue weighted by molar-refractivity contribution is -0.394. The zero-order chi connectivity index (χ0) is 18.6. The summed E-state index contributed by atoms with van der Waals surface area (Å²) in [6.07, 6.45) is 1.58. The van der Waals surface area contributed by atoms with Crippen LogP contribution in [-0.4, -0.2) is 25.9 Å². The molecule has 0 atom stereocenters. The first kappa shape index (κ1) is 18.6. The lowest BCUT2D eigenvalue weighted by Crippen LogP contribution is -2.34. The van der Waals surface area contributed by atoms with Crippen molar-refractivity contribution in [3.05, 3.63) is 65.9 Å². The molecule has 0 aliphatic heterocycles. The Hall–Kier alpha value is -2.74. The van der Waals surface area contributed by atoms with Crippen LogP contribution in [0.3, 0.4) is 0 Å². The molecule has 0 radical (unpaired) electrons. The molecule has 2 aromatic rings. The average Bonchev–Trinajstić information content (AvgIpc) is 2.56. The highest BCUT2D eigenvalue weighted by Gasteiger charge is 2.20. The highest BCUT2D eigenvalue weighted by atomic mass is 127. The van der Waals surface area contributed by atoms with E-state index in [-0.39, 0.29) is 10.7 Å². The molecule has 128 valence electrons. The summed E-state index contributed by atoms with van der Waals surface area (Å²) in [5.41, 5.74) is -1.41. The summed E-state index contributed by atoms with van der Waals surface area (Å²) in [4.78, 5) is 36.2. The van der Waals surface area contributed by atoms with Crippen LogP contribution in [0, 0.1) is 23.8 Å². The quantitative estimate of drug-likeness (QED) is 0.299. The van der Waals surface area contributed by atoms with Crippen LogP contribution in [-0.2, 0) is 0 Å². The Labute approximate surface area is 159 Å². The third kappa shape index (κ3) is 5.12. The van der Waals surface area contributed by atoms with Crippen LogP contribution in [0.5, 0.6) is 0 Å². The van der Waals surface area contributed by atoms with E-state index in [1.165, 1.54) is 0 Å². The van der Waals surface area contributed by atoms with Gasteiger partial charge in [0.25, 0.3) is 17.3 Å². The predicted octanol–water partition coefficient (Wildman–Crippen LogP) is 2.63. The SMILES string of the molecule is O=C(NC(=S)Nc1ccc(I)cn1)c1cc([N+](=O)[O-])cc([N+](=O)[O-])c1. The number of halogens is 1. The molecule has 12 heteroatoms. The summed E-state index contributed by atoms with van der Waals surface area (Å²) in [5.74, 6) is -0.439. The lowest BCUT2D eigenvalue weighted by Gasteiger charge is -2.09. The number of pyridine rings is 1. The fourth-order valence-corrected chi connectivity index (χ4v) is 2.23. The van der Waals surface area contributed by atoms with Crippen molar-refractivity contribution in [1.29, 1.82) is 0 Å². The number of nitrogens with one attached hydrogen (secondary N) is 2. The standard InChI is InChI=1S/C13H8IN5O5S/c14-8-1-2-11(15-6-8)16-13(25)17-12(20)7-3-9(18(21)22)5-10(4-7)19(23)24/h1-6H,(H2,15,16,17,20,25). The molecule has 0 unspecified atom stereocenters. The van der Waals surface area contributed by atoms with Crippen molar-refractivity contribution >= 4 is 63.0 Å². The number of aromatic nitrogens is 1. The molecule has 0 fully saturated rings. The molecule has 2 rings (SSSR count). The van der Waals surface area contributed by atoms with Gasteiger partial charge in [0.2, 0.25) is 0 Å². The second-order valence-electron chi connectivity index (χ2n) is 4.52. The van der Waals surface area contributed by atoms with Crippen LogP contribution in [0.4, 0.5) is 17.2 Å². The van der Waals surface area contributed by atoms with Gasteiger partial charge in [-0.25, -0.2) is 4.98 Å². The number of carbonyl (C=O) groups excluding carboxylic acids is 1. The van der Waals surface area contributed by atoms with Crippen LogP contribution < -0.4 is 10.6 Å². The number of hydrogen-bond acceptors (Lipinski definition) is 7. The number of benzene rings is 1. The minimum atomic E-state index is -0.824. The molecular formula is C13H8IN5O5S. The van der Waals surface area contributed by atoms with Crippen LogP contribution in [0.15, 0.2) is 36.5 Å². The molecule has 0 aliphatic carbocycles. The van der Waals surface area contributed by atoms with Crippen molar-refractivity contribution in [2.45, 2.75) is 0 Å². The molecule has 1 amide bonds. The van der Waals surface area contributed by atoms with Gasteiger partial charge in [0.1, 0.15) is 5.82 Å². The summed E-state index contributed by atoms with van der Waals surface area (Å²) in [7, 11) is 0. The molecule has 1 aromatic heterocycles. The van der Waals surface area contributed by atoms with Crippen molar-refractivity contribution in [2.24, 2.45) is 0 Å². The molecule has 1 heterocycles. The Balaban J connectivity index is 2.16. The molecule has 0 aliphatic rings. The summed E-state index contributed by atoms with van der Waals surface area (Å²) in [6.45, 7) is 0. The number of nitro benzene ring substituents is 2. The number of carbonyl (C=O) groups is 1. The maximum absolute atomic E-state index is 12.1. The number of anilines is 1. The van der Waals surface area contributed by atoms with E-state index in [0.29, 0.717) is 5.82 Å². The Morgan fingerprint density at radius 2 is 1.72 bits per heavy atom. The van der Waals surface area contributed by atoms with E-state index in [2.05, 4.69) is 38.2 Å². The number of rotatable bonds is 4. The normalized spacial score (nSPS) is 9.96. The van der Waals surface area contributed by atoms with E-state index in [1.54, 1.807) is 18.3 Å². The highest BCUT2D eigenvalue weighted by molar-refractivity contribution is 14.1. The number of hydrogen-bond donors (Lipinski definition) is 2. The van der Waals surface area contributed by atoms with Gasteiger partial charge in [-0.05, 0) is 46.9 Å². The van der Waals surface area contributed by atoms with Gasteiger partial charge >= 0.3 is 0 Å². The minimum Gasteiger partial charge on any atom is -0.317 e. The molecule has 0 spiro atoms. The fourth-order valence-electron chi connectivity index (χ4n) is 1.71. The Kier molecular flexibility index (Phi) is 5.87. The minimum absolute atomic E-state index is 0.104. The van der Waals surface area contributed by atoms with Gasteiger partial charge in [0.15, 0.2) is 5.11 Å². The Morgan fingerprint density at radius 1 is 1.12 bits per heavy atom. The molecule has 2 N–H and O–H groups in total. The first-order chi connectivity index (χ1) is 11.8. The summed E-state index contributed by atoms with van der Waals surface area (Å²) >= 11 is 7.03. The van der Waals surface area contributed by atoms with E-state index in [4.69, 9.17) is 12.2 Å². The smallest absolute Gasteiger partial charge is 0.277 e. The van der Waals surface area contributed by atoms with Crippen molar-refractivity contribution in [3.63, 3.8) is 0 Å². The average molecular weight is 473 g/mol. The Bertz CT molecular complexity index is 841. The van der Waals surface area contributed by atoms with Crippen LogP contribution >= 0.6 is 34.8 Å². The van der Waals surface area contributed by atoms with Crippen molar-refractivity contribution in [2.75, 3.05) is 5.32 Å². The first-order valence-corrected chi connectivity index (χ1v) is 7.92. The number of amides is 1. The summed E-state index contributed by atoms with van der Waals surface area (Å²) in [5, 5.41) is 26.5. The van der Waals surface area contributed by atoms with E-state index in [1.807, 2.05) is 0 Å². The molecule has 1 aromatic carbocycles. The largest absolute Gasteiger partial charge is 0.317 e. The molecule has 25 heavy (non-hydrogen) atoms. The summed E-state index contributed by atoms with van der Waals surface area (Å²) < 4.78 is 0.905. The van der Waals surface area contributed by atoms with Crippen LogP contribution in [0.25, 0.3) is 0 Å². The molecule has 0 saturated carbocycles. The van der Waals surface area contributed by atoms with Gasteiger partial charge in [-0.3, -0.25) is 30.3 Å². The van der Waals surface area contributed by atoms with Crippen molar-refractivity contribution in [3.8, 4) is 0 Å². The van der Waals surface area contributed by atoms with Crippen molar-refractivity contribution < 1.29 is 14.6 Å². The maximum Gasteiger partial charge on any atom is 0.277 e. The predicted molar refractivity (Wildman–Crippen MR) is 100 cm³/mol. The fraction of sp³-hybridized carbons (Fsp3) is 0. The van der Waals surface area contributed by atoms with E-state index >= 15 is 0 Å². The van der Waals surface area contributed by atoms with Gasteiger partial charge in [-0.1, -0.05) is 0 Å². The number of nitro groups is 2. The van der Waals surface area contributed by atoms with E-state index in [9.17, 15) is 25.0 Å². The second-order valence-corrected chi connectivity index (χ2v) is 6.18. The zero-order valence-corrected chi connectivity index (χ0v) is 15.1. The van der Waals surface area contributed by atoms with Crippen LogP contribution in [0.2, 0.25) is 0 Å².